The maximum atomic E-state index is 15.1. The first kappa shape index (κ1) is 23.7. The Labute approximate surface area is 184 Å². The van der Waals surface area contributed by atoms with Crippen LogP contribution in [-0.4, -0.2) is 42.1 Å². The Morgan fingerprint density at radius 3 is 2.77 bits per heavy atom. The molecule has 7 nitrogen and oxygen atoms in total. The highest BCUT2D eigenvalue weighted by Gasteiger charge is 2.45. The van der Waals surface area contributed by atoms with Crippen molar-refractivity contribution in [2.24, 2.45) is 5.16 Å². The van der Waals surface area contributed by atoms with Crippen LogP contribution in [0.5, 0.6) is 0 Å². The summed E-state index contributed by atoms with van der Waals surface area (Å²) in [5.41, 5.74) is -1.30. The third-order valence-electron chi connectivity index (χ3n) is 3.91. The summed E-state index contributed by atoms with van der Waals surface area (Å²) in [7, 11) is 0. The molecule has 1 aliphatic carbocycles. The van der Waals surface area contributed by atoms with E-state index in [1.807, 2.05) is 28.1 Å². The van der Waals surface area contributed by atoms with Crippen LogP contribution < -0.4 is 10.8 Å². The zero-order chi connectivity index (χ0) is 22.3. The second-order valence-electron chi connectivity index (χ2n) is 6.02. The summed E-state index contributed by atoms with van der Waals surface area (Å²) in [6.45, 7) is 0.207. The van der Waals surface area contributed by atoms with Gasteiger partial charge in [-0.15, -0.1) is 6.42 Å². The van der Waals surface area contributed by atoms with E-state index in [4.69, 9.17) is 16.4 Å². The number of terminal acetylenes is 1. The highest BCUT2D eigenvalue weighted by molar-refractivity contribution is 14.1. The lowest BCUT2D eigenvalue weighted by atomic mass is 9.83. The number of aliphatic hydroxyl groups excluding tert-OH is 1. The minimum atomic E-state index is -2.12. The van der Waals surface area contributed by atoms with Crippen molar-refractivity contribution in [2.45, 2.75) is 12.5 Å². The molecule has 0 spiro atoms. The molecule has 1 aliphatic rings. The Kier molecular flexibility index (Phi) is 8.27. The third-order valence-corrected chi connectivity index (χ3v) is 4.58. The van der Waals surface area contributed by atoms with Gasteiger partial charge >= 0.3 is 0 Å². The summed E-state index contributed by atoms with van der Waals surface area (Å²) in [6, 6.07) is 4.05. The largest absolute Gasteiger partial charge is 0.394 e. The third kappa shape index (κ3) is 5.32. The summed E-state index contributed by atoms with van der Waals surface area (Å²) >= 11 is 1.89. The Bertz CT molecular complexity index is 959. The van der Waals surface area contributed by atoms with Crippen LogP contribution >= 0.6 is 22.6 Å². The van der Waals surface area contributed by atoms with E-state index < -0.39 is 41.2 Å². The number of oxime groups is 1. The normalized spacial score (nSPS) is 19.9. The van der Waals surface area contributed by atoms with Gasteiger partial charge in [0.2, 0.25) is 0 Å². The van der Waals surface area contributed by atoms with Crippen molar-refractivity contribution in [1.82, 2.24) is 5.48 Å². The average molecular weight is 535 g/mol. The molecule has 1 amide bonds. The molecule has 0 fully saturated rings. The Morgan fingerprint density at radius 2 is 2.13 bits per heavy atom. The summed E-state index contributed by atoms with van der Waals surface area (Å²) in [4.78, 5) is 22.0. The van der Waals surface area contributed by atoms with E-state index in [-0.39, 0.29) is 24.5 Å². The zero-order valence-corrected chi connectivity index (χ0v) is 17.8. The fourth-order valence-corrected chi connectivity index (χ4v) is 2.95. The van der Waals surface area contributed by atoms with Gasteiger partial charge in [-0.1, -0.05) is 11.1 Å². The van der Waals surface area contributed by atoms with Gasteiger partial charge in [-0.25, -0.2) is 18.7 Å². The molecule has 1 aromatic rings. The van der Waals surface area contributed by atoms with Gasteiger partial charge in [0.25, 0.3) is 5.91 Å². The Morgan fingerprint density at radius 1 is 1.40 bits per heavy atom. The van der Waals surface area contributed by atoms with Crippen molar-refractivity contribution < 1.29 is 32.7 Å². The molecule has 0 saturated heterocycles. The van der Waals surface area contributed by atoms with Crippen molar-refractivity contribution in [3.63, 3.8) is 0 Å². The molecule has 0 saturated carbocycles. The smallest absolute Gasteiger partial charge is 0.273 e. The number of nitrogens with zero attached hydrogens (tertiary/aromatic N) is 1. The maximum absolute atomic E-state index is 15.1. The molecule has 30 heavy (non-hydrogen) atoms. The number of halogens is 4. The number of allylic oxidation sites excluding steroid dienone is 2. The van der Waals surface area contributed by atoms with Crippen LogP contribution in [0.25, 0.3) is 0 Å². The molecule has 0 radical (unpaired) electrons. The van der Waals surface area contributed by atoms with E-state index in [0.717, 1.165) is 13.0 Å². The first-order valence-corrected chi connectivity index (χ1v) is 9.50. The molecule has 0 aromatic heterocycles. The molecule has 0 bridgehead atoms. The monoisotopic (exact) mass is 535 g/mol. The molecule has 2 rings (SSSR count). The number of rotatable bonds is 8. The average Bonchev–Trinajstić information content (AvgIpc) is 2.70. The number of anilines is 1. The predicted molar refractivity (Wildman–Crippen MR) is 112 cm³/mol. The van der Waals surface area contributed by atoms with E-state index in [1.54, 1.807) is 6.07 Å². The van der Waals surface area contributed by atoms with Gasteiger partial charge < -0.3 is 15.3 Å². The fourth-order valence-electron chi connectivity index (χ4n) is 2.49. The van der Waals surface area contributed by atoms with Gasteiger partial charge in [0, 0.05) is 3.57 Å². The number of amides is 1. The van der Waals surface area contributed by atoms with Crippen molar-refractivity contribution in [3.05, 3.63) is 50.9 Å². The highest BCUT2D eigenvalue weighted by atomic mass is 127. The minimum absolute atomic E-state index is 0.167. The summed E-state index contributed by atoms with van der Waals surface area (Å²) < 4.78 is 44.7. The molecular formula is C19H17F3IN3O4. The molecule has 1 unspecified atom stereocenters. The number of aliphatic hydroxyl groups is 1. The highest BCUT2D eigenvalue weighted by Crippen LogP contribution is 2.38. The number of hydrogen-bond acceptors (Lipinski definition) is 6. The van der Waals surface area contributed by atoms with Gasteiger partial charge in [-0.3, -0.25) is 9.63 Å². The molecule has 0 heterocycles. The number of carbonyl (C=O) groups excluding carboxylic acids is 1. The molecule has 160 valence electrons. The Hall–Kier alpha value is -2.56. The molecule has 3 N–H and O–H groups in total. The fraction of sp³-hybridized carbons (Fsp3) is 0.263. The van der Waals surface area contributed by atoms with Crippen LogP contribution in [0.4, 0.5) is 18.9 Å². The zero-order valence-electron chi connectivity index (χ0n) is 15.6. The van der Waals surface area contributed by atoms with Gasteiger partial charge in [0.1, 0.15) is 17.1 Å². The number of hydroxylamine groups is 1. The van der Waals surface area contributed by atoms with E-state index in [1.165, 1.54) is 12.1 Å². The number of hydrogen-bond donors (Lipinski definition) is 3. The molecule has 1 atom stereocenters. The van der Waals surface area contributed by atoms with Crippen molar-refractivity contribution in [2.75, 3.05) is 25.1 Å². The number of carbonyl (C=O) groups is 1. The van der Waals surface area contributed by atoms with Gasteiger partial charge in [0.05, 0.1) is 24.5 Å². The maximum Gasteiger partial charge on any atom is 0.273 e. The second-order valence-corrected chi connectivity index (χ2v) is 7.26. The van der Waals surface area contributed by atoms with E-state index in [2.05, 4.69) is 21.2 Å². The van der Waals surface area contributed by atoms with Crippen LogP contribution in [0.1, 0.15) is 6.92 Å². The van der Waals surface area contributed by atoms with E-state index in [9.17, 15) is 13.6 Å². The quantitative estimate of drug-likeness (QED) is 0.206. The van der Waals surface area contributed by atoms with Crippen LogP contribution in [0.3, 0.4) is 0 Å². The van der Waals surface area contributed by atoms with Crippen LogP contribution in [0, 0.1) is 21.7 Å². The molecular weight excluding hydrogens is 518 g/mol. The molecule has 11 heteroatoms. The summed E-state index contributed by atoms with van der Waals surface area (Å²) in [5, 5.41) is 14.7. The summed E-state index contributed by atoms with van der Waals surface area (Å²) in [5.74, 6) is -2.45. The van der Waals surface area contributed by atoms with E-state index in [0.29, 0.717) is 3.57 Å². The van der Waals surface area contributed by atoms with Crippen LogP contribution in [0.2, 0.25) is 0 Å². The lowest BCUT2D eigenvalue weighted by molar-refractivity contribution is -0.130. The Balaban J connectivity index is 2.50. The lowest BCUT2D eigenvalue weighted by Crippen LogP contribution is -2.47. The first-order valence-electron chi connectivity index (χ1n) is 8.42. The minimum Gasteiger partial charge on any atom is -0.394 e. The van der Waals surface area contributed by atoms with Gasteiger partial charge in [0.15, 0.2) is 18.3 Å². The van der Waals surface area contributed by atoms with Gasteiger partial charge in [-0.2, -0.15) is 0 Å². The van der Waals surface area contributed by atoms with Crippen molar-refractivity contribution in [1.29, 1.82) is 0 Å². The standard InChI is InChI=1S/C19H17F3IN3O4/c1-3-7-29-25-15-10-12(18(28)26-30-8-6-27)19(2,17(22)16(15)21)24-14-5-4-11(23)9-13(14)20/h1,4-5,9-10,24,27H,6-8H2,2H3,(H,26,28)/b25-15+. The van der Waals surface area contributed by atoms with Gasteiger partial charge in [-0.05, 0) is 53.8 Å². The topological polar surface area (TPSA) is 92.2 Å². The molecule has 0 aliphatic heterocycles. The SMILES string of the molecule is C#CCO/N=C1\C=C(C(=O)NOCCO)C(C)(Nc2ccc(I)cc2F)C(F)=C1F. The summed E-state index contributed by atoms with van der Waals surface area (Å²) in [6.07, 6.45) is 5.94. The van der Waals surface area contributed by atoms with E-state index >= 15 is 4.39 Å². The second kappa shape index (κ2) is 10.5. The van der Waals surface area contributed by atoms with Crippen LogP contribution in [0.15, 0.2) is 46.7 Å². The first-order chi connectivity index (χ1) is 14.2. The molecule has 1 aromatic carbocycles. The predicted octanol–water partition coefficient (Wildman–Crippen LogP) is 2.74. The van der Waals surface area contributed by atoms with Crippen molar-refractivity contribution >= 4 is 39.9 Å². The van der Waals surface area contributed by atoms with Crippen LogP contribution in [-0.2, 0) is 14.5 Å². The number of benzene rings is 1. The van der Waals surface area contributed by atoms with Crippen molar-refractivity contribution in [3.8, 4) is 12.3 Å². The number of nitrogens with one attached hydrogen (secondary N) is 2. The lowest BCUT2D eigenvalue weighted by Gasteiger charge is -2.34.